The molecule has 3 rings (SSSR count). The Bertz CT molecular complexity index is 849. The number of allylic oxidation sites excluding steroid dienone is 1. The summed E-state index contributed by atoms with van der Waals surface area (Å²) in [6, 6.07) is 5.18. The van der Waals surface area contributed by atoms with Crippen molar-refractivity contribution in [3.63, 3.8) is 0 Å². The molecular formula is C20H27N7O. The van der Waals surface area contributed by atoms with Crippen LogP contribution in [0.3, 0.4) is 0 Å². The van der Waals surface area contributed by atoms with Crippen molar-refractivity contribution in [3.05, 3.63) is 48.8 Å². The number of benzene rings is 1. The van der Waals surface area contributed by atoms with Gasteiger partial charge in [0.2, 0.25) is 0 Å². The van der Waals surface area contributed by atoms with E-state index >= 15 is 0 Å². The first-order chi connectivity index (χ1) is 13.6. The number of nitrogens with zero attached hydrogens (tertiary/aromatic N) is 7. The summed E-state index contributed by atoms with van der Waals surface area (Å²) in [5.41, 5.74) is 1.75. The lowest BCUT2D eigenvalue weighted by Crippen LogP contribution is -2.48. The van der Waals surface area contributed by atoms with E-state index in [-0.39, 0.29) is 5.75 Å². The van der Waals surface area contributed by atoms with Crippen molar-refractivity contribution in [1.29, 1.82) is 0 Å². The fourth-order valence-corrected chi connectivity index (χ4v) is 3.22. The summed E-state index contributed by atoms with van der Waals surface area (Å²) >= 11 is 0. The molecule has 28 heavy (non-hydrogen) atoms. The largest absolute Gasteiger partial charge is 0.507 e. The van der Waals surface area contributed by atoms with Gasteiger partial charge in [-0.25, -0.2) is 0 Å². The molecular weight excluding hydrogens is 354 g/mol. The lowest BCUT2D eigenvalue weighted by atomic mass is 10.1. The molecule has 1 aliphatic rings. The summed E-state index contributed by atoms with van der Waals surface area (Å²) in [6.07, 6.45) is 5.94. The van der Waals surface area contributed by atoms with E-state index in [2.05, 4.69) is 43.7 Å². The smallest absolute Gasteiger partial charge is 0.127 e. The Labute approximate surface area is 165 Å². The van der Waals surface area contributed by atoms with Gasteiger partial charge in [0.25, 0.3) is 0 Å². The second kappa shape index (κ2) is 9.27. The van der Waals surface area contributed by atoms with Gasteiger partial charge >= 0.3 is 0 Å². The third-order valence-electron chi connectivity index (χ3n) is 4.77. The van der Waals surface area contributed by atoms with Gasteiger partial charge in [-0.2, -0.15) is 15.0 Å². The minimum Gasteiger partial charge on any atom is -0.507 e. The van der Waals surface area contributed by atoms with Crippen LogP contribution in [0.15, 0.2) is 53.5 Å². The van der Waals surface area contributed by atoms with Gasteiger partial charge in [0.1, 0.15) is 11.6 Å². The van der Waals surface area contributed by atoms with E-state index in [4.69, 9.17) is 0 Å². The first-order valence-corrected chi connectivity index (χ1v) is 9.54. The number of aromatic nitrogens is 3. The number of amidine groups is 1. The van der Waals surface area contributed by atoms with Gasteiger partial charge in [-0.15, -0.1) is 10.2 Å². The first-order valence-electron chi connectivity index (χ1n) is 9.54. The van der Waals surface area contributed by atoms with Crippen molar-refractivity contribution in [1.82, 2.24) is 24.8 Å². The maximum absolute atomic E-state index is 10.4. The predicted octanol–water partition coefficient (Wildman–Crippen LogP) is 2.31. The lowest BCUT2D eigenvalue weighted by molar-refractivity contribution is 0.182. The zero-order chi connectivity index (χ0) is 19.9. The van der Waals surface area contributed by atoms with Gasteiger partial charge in [0, 0.05) is 37.8 Å². The standard InChI is InChI=1S/C20H27N7O/c1-4-10-25-11-13-26(14-12-25)16(3)23-24-19(5-2)18-7-6-17(15-20(18)28)27-21-8-9-22-27/h5-9,15,28H,2,4,10-14H2,1,3H3/b23-16+,24-19+. The molecule has 0 spiro atoms. The maximum Gasteiger partial charge on any atom is 0.127 e. The molecule has 148 valence electrons. The van der Waals surface area contributed by atoms with Gasteiger partial charge in [0.05, 0.1) is 23.8 Å². The Balaban J connectivity index is 1.73. The van der Waals surface area contributed by atoms with E-state index in [0.717, 1.165) is 38.6 Å². The molecule has 1 N–H and O–H groups in total. The number of phenolic OH excluding ortho intramolecular Hbond substituents is 1. The van der Waals surface area contributed by atoms with Crippen molar-refractivity contribution in [2.75, 3.05) is 32.7 Å². The predicted molar refractivity (Wildman–Crippen MR) is 111 cm³/mol. The molecule has 0 aliphatic carbocycles. The highest BCUT2D eigenvalue weighted by molar-refractivity contribution is 6.10. The molecule has 0 radical (unpaired) electrons. The molecule has 0 unspecified atom stereocenters. The summed E-state index contributed by atoms with van der Waals surface area (Å²) in [5, 5.41) is 27.3. The quantitative estimate of drug-likeness (QED) is 0.472. The molecule has 1 aromatic carbocycles. The zero-order valence-corrected chi connectivity index (χ0v) is 16.5. The van der Waals surface area contributed by atoms with E-state index in [0.29, 0.717) is 17.0 Å². The van der Waals surface area contributed by atoms with Crippen LogP contribution >= 0.6 is 0 Å². The summed E-state index contributed by atoms with van der Waals surface area (Å²) in [5.74, 6) is 0.946. The summed E-state index contributed by atoms with van der Waals surface area (Å²) in [7, 11) is 0. The number of aromatic hydroxyl groups is 1. The van der Waals surface area contributed by atoms with Gasteiger partial charge < -0.3 is 10.0 Å². The van der Waals surface area contributed by atoms with Crippen LogP contribution in [0, 0.1) is 0 Å². The zero-order valence-electron chi connectivity index (χ0n) is 16.5. The molecule has 0 saturated carbocycles. The molecule has 2 heterocycles. The highest BCUT2D eigenvalue weighted by Crippen LogP contribution is 2.22. The van der Waals surface area contributed by atoms with E-state index < -0.39 is 0 Å². The highest BCUT2D eigenvalue weighted by atomic mass is 16.3. The second-order valence-electron chi connectivity index (χ2n) is 6.69. The van der Waals surface area contributed by atoms with Crippen molar-refractivity contribution in [3.8, 4) is 11.4 Å². The minimum absolute atomic E-state index is 0.0782. The number of piperazine rings is 1. The third-order valence-corrected chi connectivity index (χ3v) is 4.77. The first kappa shape index (κ1) is 19.8. The van der Waals surface area contributed by atoms with E-state index in [1.54, 1.807) is 30.6 Å². The number of rotatable bonds is 6. The van der Waals surface area contributed by atoms with Gasteiger partial charge in [0.15, 0.2) is 0 Å². The monoisotopic (exact) mass is 381 g/mol. The second-order valence-corrected chi connectivity index (χ2v) is 6.69. The number of hydrogen-bond acceptors (Lipinski definition) is 6. The Morgan fingerprint density at radius 3 is 2.50 bits per heavy atom. The Kier molecular flexibility index (Phi) is 6.54. The van der Waals surface area contributed by atoms with E-state index in [9.17, 15) is 5.11 Å². The minimum atomic E-state index is 0.0782. The van der Waals surface area contributed by atoms with Crippen molar-refractivity contribution in [2.45, 2.75) is 20.3 Å². The van der Waals surface area contributed by atoms with Crippen LogP contribution in [0.5, 0.6) is 5.75 Å². The summed E-state index contributed by atoms with van der Waals surface area (Å²) in [6.45, 7) is 13.1. The molecule has 1 saturated heterocycles. The molecule has 8 heteroatoms. The molecule has 2 aromatic rings. The van der Waals surface area contributed by atoms with Gasteiger partial charge in [-0.05, 0) is 38.1 Å². The van der Waals surface area contributed by atoms with Crippen LogP contribution < -0.4 is 0 Å². The van der Waals surface area contributed by atoms with Crippen LogP contribution in [0.2, 0.25) is 0 Å². The average Bonchev–Trinajstić information content (AvgIpc) is 3.25. The Morgan fingerprint density at radius 1 is 1.18 bits per heavy atom. The highest BCUT2D eigenvalue weighted by Gasteiger charge is 2.17. The molecule has 1 aliphatic heterocycles. The van der Waals surface area contributed by atoms with Crippen LogP contribution in [0.1, 0.15) is 25.8 Å². The molecule has 1 fully saturated rings. The van der Waals surface area contributed by atoms with Crippen molar-refractivity contribution < 1.29 is 5.11 Å². The number of phenols is 1. The number of hydrogen-bond donors (Lipinski definition) is 1. The molecule has 0 bridgehead atoms. The fraction of sp³-hybridized carbons (Fsp3) is 0.400. The van der Waals surface area contributed by atoms with Crippen LogP contribution in [0.4, 0.5) is 0 Å². The van der Waals surface area contributed by atoms with Crippen molar-refractivity contribution >= 4 is 11.5 Å². The van der Waals surface area contributed by atoms with Crippen LogP contribution in [-0.4, -0.2) is 74.2 Å². The SMILES string of the molecule is C=C/C(=N\N=C(/C)N1CCN(CCC)CC1)c1ccc(-n2nccn2)cc1O. The fourth-order valence-electron chi connectivity index (χ4n) is 3.22. The summed E-state index contributed by atoms with van der Waals surface area (Å²) in [4.78, 5) is 6.15. The normalized spacial score (nSPS) is 16.4. The third kappa shape index (κ3) is 4.64. The average molecular weight is 381 g/mol. The Morgan fingerprint density at radius 2 is 1.89 bits per heavy atom. The van der Waals surface area contributed by atoms with Gasteiger partial charge in [-0.3, -0.25) is 4.90 Å². The molecule has 1 aromatic heterocycles. The lowest BCUT2D eigenvalue weighted by Gasteiger charge is -2.35. The Hall–Kier alpha value is -3.00. The van der Waals surface area contributed by atoms with Crippen LogP contribution in [0.25, 0.3) is 5.69 Å². The summed E-state index contributed by atoms with van der Waals surface area (Å²) < 4.78 is 0. The topological polar surface area (TPSA) is 82.1 Å². The van der Waals surface area contributed by atoms with E-state index in [1.807, 2.05) is 13.0 Å². The van der Waals surface area contributed by atoms with Crippen LogP contribution in [-0.2, 0) is 0 Å². The molecule has 0 atom stereocenters. The molecule has 8 nitrogen and oxygen atoms in total. The molecule has 0 amide bonds. The van der Waals surface area contributed by atoms with Gasteiger partial charge in [-0.1, -0.05) is 13.5 Å². The van der Waals surface area contributed by atoms with E-state index in [1.165, 1.54) is 11.2 Å². The maximum atomic E-state index is 10.4. The van der Waals surface area contributed by atoms with Crippen molar-refractivity contribution in [2.24, 2.45) is 10.2 Å².